The molecule has 2 amide bonds. The molecule has 180 valence electrons. The number of aromatic nitrogens is 1. The first-order valence-corrected chi connectivity index (χ1v) is 10.9. The first kappa shape index (κ1) is 23.7. The van der Waals surface area contributed by atoms with Crippen molar-refractivity contribution in [1.29, 1.82) is 0 Å². The number of amides is 2. The van der Waals surface area contributed by atoms with Gasteiger partial charge in [0, 0.05) is 48.8 Å². The van der Waals surface area contributed by atoms with E-state index in [0.717, 1.165) is 5.56 Å². The minimum Gasteiger partial charge on any atom is -0.453 e. The number of methoxy groups -OCH3 is 1. The summed E-state index contributed by atoms with van der Waals surface area (Å²) in [6, 6.07) is 13.8. The zero-order chi connectivity index (χ0) is 24.9. The number of piperazine rings is 1. The summed E-state index contributed by atoms with van der Waals surface area (Å²) in [7, 11) is 1.24. The Morgan fingerprint density at radius 2 is 1.71 bits per heavy atom. The number of ether oxygens (including phenoxy) is 1. The number of alkyl carbamates (subject to hydrolysis) is 1. The summed E-state index contributed by atoms with van der Waals surface area (Å²) in [6.07, 6.45) is 0.679. The maximum Gasteiger partial charge on any atom is 0.412 e. The summed E-state index contributed by atoms with van der Waals surface area (Å²) in [6.45, 7) is 5.06. The maximum atomic E-state index is 14.3. The van der Waals surface area contributed by atoms with Crippen LogP contribution in [-0.4, -0.2) is 71.7 Å². The Morgan fingerprint density at radius 3 is 2.40 bits per heavy atom. The monoisotopic (exact) mass is 477 g/mol. The van der Waals surface area contributed by atoms with E-state index in [1.165, 1.54) is 30.3 Å². The fourth-order valence-corrected chi connectivity index (χ4v) is 3.93. The van der Waals surface area contributed by atoms with Crippen molar-refractivity contribution < 1.29 is 23.5 Å². The summed E-state index contributed by atoms with van der Waals surface area (Å²) < 4.78 is 18.9. The van der Waals surface area contributed by atoms with E-state index in [4.69, 9.17) is 0 Å². The Morgan fingerprint density at radius 1 is 1.03 bits per heavy atom. The van der Waals surface area contributed by atoms with Crippen molar-refractivity contribution >= 4 is 34.5 Å². The fraction of sp³-hybridized carbons (Fsp3) is 0.200. The van der Waals surface area contributed by atoms with Crippen LogP contribution in [0.25, 0.3) is 10.9 Å². The second kappa shape index (κ2) is 10.2. The number of aliphatic imine (C=N–C) groups is 1. The lowest BCUT2D eigenvalue weighted by atomic mass is 10.1. The van der Waals surface area contributed by atoms with Crippen molar-refractivity contribution in [2.75, 3.05) is 33.3 Å². The highest BCUT2D eigenvalue weighted by molar-refractivity contribution is 6.44. The molecule has 9 nitrogen and oxygen atoms in total. The summed E-state index contributed by atoms with van der Waals surface area (Å²) in [4.78, 5) is 48.1. The third kappa shape index (κ3) is 5.06. The number of hydrogen-bond acceptors (Lipinski definition) is 5. The van der Waals surface area contributed by atoms with E-state index in [1.807, 2.05) is 35.2 Å². The Bertz CT molecular complexity index is 1310. The highest BCUT2D eigenvalue weighted by atomic mass is 19.1. The molecule has 4 rings (SSSR count). The van der Waals surface area contributed by atoms with Gasteiger partial charge in [0.15, 0.2) is 0 Å². The van der Waals surface area contributed by atoms with Crippen LogP contribution < -0.4 is 5.32 Å². The minimum absolute atomic E-state index is 0.0160. The number of ketones is 1. The number of nitrogens with zero attached hydrogens (tertiary/aromatic N) is 3. The van der Waals surface area contributed by atoms with E-state index in [0.29, 0.717) is 24.4 Å². The van der Waals surface area contributed by atoms with Crippen LogP contribution in [0.2, 0.25) is 0 Å². The van der Waals surface area contributed by atoms with Gasteiger partial charge in [-0.2, -0.15) is 0 Å². The average molecular weight is 477 g/mol. The molecule has 0 unspecified atom stereocenters. The number of fused-ring (bicyclic) bond motifs is 1. The van der Waals surface area contributed by atoms with Gasteiger partial charge in [-0.3, -0.25) is 14.9 Å². The molecule has 1 aliphatic heterocycles. The van der Waals surface area contributed by atoms with E-state index in [2.05, 4.69) is 26.6 Å². The van der Waals surface area contributed by atoms with Gasteiger partial charge in [-0.15, -0.1) is 0 Å². The molecule has 0 spiro atoms. The van der Waals surface area contributed by atoms with Gasteiger partial charge in [-0.1, -0.05) is 43.0 Å². The zero-order valence-corrected chi connectivity index (χ0v) is 19.1. The van der Waals surface area contributed by atoms with Gasteiger partial charge in [0.1, 0.15) is 17.5 Å². The number of halogens is 1. The normalized spacial score (nSPS) is 14.1. The summed E-state index contributed by atoms with van der Waals surface area (Å²) in [5.41, 5.74) is 1.27. The van der Waals surface area contributed by atoms with Crippen LogP contribution in [0.5, 0.6) is 0 Å². The molecule has 0 radical (unpaired) electrons. The second-order valence-electron chi connectivity index (χ2n) is 7.84. The van der Waals surface area contributed by atoms with E-state index < -0.39 is 23.6 Å². The third-order valence-electron chi connectivity index (χ3n) is 5.66. The molecule has 2 aromatic carbocycles. The molecule has 10 heteroatoms. The van der Waals surface area contributed by atoms with Gasteiger partial charge in [-0.05, 0) is 12.1 Å². The predicted molar refractivity (Wildman–Crippen MR) is 128 cm³/mol. The van der Waals surface area contributed by atoms with E-state index in [-0.39, 0.29) is 29.9 Å². The number of Topliss-reactive ketones (excluding diaryl/α,β-unsaturated/α-hetero) is 1. The quantitative estimate of drug-likeness (QED) is 0.254. The Hall–Kier alpha value is -4.47. The lowest BCUT2D eigenvalue weighted by molar-refractivity contribution is -0.127. The second-order valence-corrected chi connectivity index (χ2v) is 7.84. The number of carbonyl (C=O) groups is 3. The van der Waals surface area contributed by atoms with Gasteiger partial charge < -0.3 is 19.5 Å². The molecule has 35 heavy (non-hydrogen) atoms. The van der Waals surface area contributed by atoms with Crippen LogP contribution >= 0.6 is 0 Å². The number of aromatic amines is 1. The average Bonchev–Trinajstić information content (AvgIpc) is 3.32. The molecule has 0 saturated carbocycles. The van der Waals surface area contributed by atoms with Crippen LogP contribution in [0.1, 0.15) is 15.9 Å². The molecule has 1 fully saturated rings. The molecule has 2 N–H and O–H groups in total. The molecule has 0 atom stereocenters. The number of nitrogens with one attached hydrogen (secondary N) is 2. The van der Waals surface area contributed by atoms with Crippen molar-refractivity contribution in [3.63, 3.8) is 0 Å². The van der Waals surface area contributed by atoms with Crippen LogP contribution in [-0.2, 0) is 9.53 Å². The topological polar surface area (TPSA) is 107 Å². The Labute approximate surface area is 200 Å². The van der Waals surface area contributed by atoms with Crippen molar-refractivity contribution in [1.82, 2.24) is 20.1 Å². The number of rotatable bonds is 5. The molecule has 1 saturated heterocycles. The largest absolute Gasteiger partial charge is 0.453 e. The van der Waals surface area contributed by atoms with Gasteiger partial charge in [-0.25, -0.2) is 14.2 Å². The Balaban J connectivity index is 1.49. The standard InChI is InChI=1S/C25H24FN5O4/c1-16(29-25(34)35-2)28-23(17-7-4-3-5-8-17)30-11-13-31(14-12-30)24(33)22(32)18-15-27-20-10-6-9-19(26)21(18)20/h3-10,15,27H,1,11-14H2,2H3,(H,29,34)/b28-23+. The summed E-state index contributed by atoms with van der Waals surface area (Å²) in [5.74, 6) is -1.35. The predicted octanol–water partition coefficient (Wildman–Crippen LogP) is 2.91. The summed E-state index contributed by atoms with van der Waals surface area (Å²) >= 11 is 0. The van der Waals surface area contributed by atoms with E-state index in [1.54, 1.807) is 6.07 Å². The first-order chi connectivity index (χ1) is 16.9. The number of amidine groups is 1. The summed E-state index contributed by atoms with van der Waals surface area (Å²) in [5, 5.41) is 2.54. The number of benzene rings is 2. The molecule has 0 bridgehead atoms. The third-order valence-corrected chi connectivity index (χ3v) is 5.66. The van der Waals surface area contributed by atoms with E-state index >= 15 is 0 Å². The Kier molecular flexibility index (Phi) is 6.91. The highest BCUT2D eigenvalue weighted by Crippen LogP contribution is 2.23. The number of hydrogen-bond donors (Lipinski definition) is 2. The molecule has 1 aliphatic rings. The van der Waals surface area contributed by atoms with Crippen LogP contribution in [0.4, 0.5) is 9.18 Å². The molecule has 3 aromatic rings. The smallest absolute Gasteiger partial charge is 0.412 e. The van der Waals surface area contributed by atoms with Crippen molar-refractivity contribution in [2.24, 2.45) is 4.99 Å². The first-order valence-electron chi connectivity index (χ1n) is 10.9. The molecular weight excluding hydrogens is 453 g/mol. The van der Waals surface area contributed by atoms with Gasteiger partial charge in [0.25, 0.3) is 11.7 Å². The van der Waals surface area contributed by atoms with Crippen LogP contribution in [0, 0.1) is 5.82 Å². The zero-order valence-electron chi connectivity index (χ0n) is 19.1. The lowest BCUT2D eigenvalue weighted by Crippen LogP contribution is -2.52. The van der Waals surface area contributed by atoms with Crippen LogP contribution in [0.15, 0.2) is 72.1 Å². The molecular formula is C25H24FN5O4. The lowest BCUT2D eigenvalue weighted by Gasteiger charge is -2.36. The van der Waals surface area contributed by atoms with Gasteiger partial charge >= 0.3 is 6.09 Å². The molecule has 2 heterocycles. The van der Waals surface area contributed by atoms with Crippen molar-refractivity contribution in [2.45, 2.75) is 0 Å². The maximum absolute atomic E-state index is 14.3. The SMILES string of the molecule is C=C(/N=C(\c1ccccc1)N1CCN(C(=O)C(=O)c2c[nH]c3cccc(F)c23)CC1)NC(=O)OC. The molecule has 0 aliphatic carbocycles. The van der Waals surface area contributed by atoms with E-state index in [9.17, 15) is 18.8 Å². The molecule has 1 aromatic heterocycles. The minimum atomic E-state index is -0.762. The fourth-order valence-electron chi connectivity index (χ4n) is 3.93. The van der Waals surface area contributed by atoms with Gasteiger partial charge in [0.2, 0.25) is 0 Å². The van der Waals surface area contributed by atoms with Crippen LogP contribution in [0.3, 0.4) is 0 Å². The number of H-pyrrole nitrogens is 1. The van der Waals surface area contributed by atoms with Crippen molar-refractivity contribution in [3.05, 3.63) is 84.1 Å². The van der Waals surface area contributed by atoms with Gasteiger partial charge in [0.05, 0.1) is 12.7 Å². The van der Waals surface area contributed by atoms with Crippen molar-refractivity contribution in [3.8, 4) is 0 Å². The number of carbonyl (C=O) groups excluding carboxylic acids is 3. The highest BCUT2D eigenvalue weighted by Gasteiger charge is 2.30.